The van der Waals surface area contributed by atoms with Gasteiger partial charge in [0.1, 0.15) is 6.61 Å². The van der Waals surface area contributed by atoms with Gasteiger partial charge in [-0.15, -0.1) is 0 Å². The van der Waals surface area contributed by atoms with Gasteiger partial charge in [-0.05, 0) is 11.6 Å². The quantitative estimate of drug-likeness (QED) is 0.671. The molecule has 1 aliphatic heterocycles. The molecule has 0 N–H and O–H groups in total. The summed E-state index contributed by atoms with van der Waals surface area (Å²) in [7, 11) is 0. The average molecular weight is 173 g/mol. The predicted octanol–water partition coefficient (Wildman–Crippen LogP) is 2.17. The first-order valence-electron chi connectivity index (χ1n) is 4.33. The van der Waals surface area contributed by atoms with Crippen molar-refractivity contribution in [3.8, 4) is 0 Å². The molecule has 0 atom stereocenters. The SMILES string of the molecule is C1=CN=C(Cc2ccccc2)OC1. The van der Waals surface area contributed by atoms with Crippen molar-refractivity contribution in [1.29, 1.82) is 0 Å². The van der Waals surface area contributed by atoms with Crippen molar-refractivity contribution in [2.75, 3.05) is 6.61 Å². The van der Waals surface area contributed by atoms with E-state index in [9.17, 15) is 0 Å². The highest BCUT2D eigenvalue weighted by molar-refractivity contribution is 5.79. The van der Waals surface area contributed by atoms with E-state index in [-0.39, 0.29) is 0 Å². The monoisotopic (exact) mass is 173 g/mol. The lowest BCUT2D eigenvalue weighted by atomic mass is 10.1. The smallest absolute Gasteiger partial charge is 0.192 e. The first-order chi connectivity index (χ1) is 6.45. The van der Waals surface area contributed by atoms with Gasteiger partial charge in [-0.3, -0.25) is 0 Å². The maximum atomic E-state index is 5.35. The van der Waals surface area contributed by atoms with E-state index in [2.05, 4.69) is 17.1 Å². The van der Waals surface area contributed by atoms with Crippen LogP contribution in [-0.2, 0) is 11.2 Å². The topological polar surface area (TPSA) is 21.6 Å². The number of hydrogen-bond donors (Lipinski definition) is 0. The van der Waals surface area contributed by atoms with E-state index in [4.69, 9.17) is 4.74 Å². The Balaban J connectivity index is 2.06. The second-order valence-corrected chi connectivity index (χ2v) is 2.88. The molecule has 0 saturated carbocycles. The Bertz CT molecular complexity index is 327. The summed E-state index contributed by atoms with van der Waals surface area (Å²) < 4.78 is 5.35. The van der Waals surface area contributed by atoms with Gasteiger partial charge in [0, 0.05) is 12.6 Å². The number of hydrogen-bond acceptors (Lipinski definition) is 2. The molecule has 1 heterocycles. The second kappa shape index (κ2) is 3.90. The maximum absolute atomic E-state index is 5.35. The molecule has 1 aromatic rings. The van der Waals surface area contributed by atoms with Crippen molar-refractivity contribution in [3.05, 3.63) is 48.2 Å². The Kier molecular flexibility index (Phi) is 2.41. The molecule has 1 aromatic carbocycles. The highest BCUT2D eigenvalue weighted by Crippen LogP contribution is 2.04. The summed E-state index contributed by atoms with van der Waals surface area (Å²) in [6.45, 7) is 0.645. The molecule has 0 radical (unpaired) electrons. The van der Waals surface area contributed by atoms with Gasteiger partial charge in [0.15, 0.2) is 5.90 Å². The van der Waals surface area contributed by atoms with Crippen LogP contribution in [0.25, 0.3) is 0 Å². The van der Waals surface area contributed by atoms with Crippen molar-refractivity contribution in [2.45, 2.75) is 6.42 Å². The summed E-state index contributed by atoms with van der Waals surface area (Å²) in [5.41, 5.74) is 1.23. The summed E-state index contributed by atoms with van der Waals surface area (Å²) >= 11 is 0. The van der Waals surface area contributed by atoms with Crippen LogP contribution in [0.5, 0.6) is 0 Å². The minimum Gasteiger partial charge on any atom is -0.476 e. The molecule has 2 nitrogen and oxygen atoms in total. The van der Waals surface area contributed by atoms with Gasteiger partial charge < -0.3 is 4.74 Å². The normalized spacial score (nSPS) is 14.9. The lowest BCUT2D eigenvalue weighted by molar-refractivity contribution is 0.337. The Morgan fingerprint density at radius 1 is 1.23 bits per heavy atom. The fraction of sp³-hybridized carbons (Fsp3) is 0.182. The highest BCUT2D eigenvalue weighted by atomic mass is 16.5. The van der Waals surface area contributed by atoms with Crippen LogP contribution >= 0.6 is 0 Å². The predicted molar refractivity (Wildman–Crippen MR) is 52.7 cm³/mol. The van der Waals surface area contributed by atoms with Crippen LogP contribution in [-0.4, -0.2) is 12.5 Å². The van der Waals surface area contributed by atoms with E-state index in [0.717, 1.165) is 12.3 Å². The molecule has 66 valence electrons. The van der Waals surface area contributed by atoms with Gasteiger partial charge in [0.2, 0.25) is 0 Å². The summed E-state index contributed by atoms with van der Waals surface area (Å²) in [5, 5.41) is 0. The molecule has 0 bridgehead atoms. The number of nitrogens with zero attached hydrogens (tertiary/aromatic N) is 1. The third kappa shape index (κ3) is 2.18. The van der Waals surface area contributed by atoms with E-state index in [1.807, 2.05) is 24.3 Å². The molecule has 2 heteroatoms. The first-order valence-corrected chi connectivity index (χ1v) is 4.33. The van der Waals surface area contributed by atoms with Gasteiger partial charge in [-0.2, -0.15) is 0 Å². The molecule has 0 amide bonds. The second-order valence-electron chi connectivity index (χ2n) is 2.88. The summed E-state index contributed by atoms with van der Waals surface area (Å²) in [6.07, 6.45) is 4.47. The molecular weight excluding hydrogens is 162 g/mol. The van der Waals surface area contributed by atoms with E-state index >= 15 is 0 Å². The number of aliphatic imine (C=N–C) groups is 1. The molecule has 0 unspecified atom stereocenters. The van der Waals surface area contributed by atoms with E-state index in [1.165, 1.54) is 5.56 Å². The molecule has 0 saturated heterocycles. The molecular formula is C11H11NO. The van der Waals surface area contributed by atoms with Gasteiger partial charge in [0.25, 0.3) is 0 Å². The first kappa shape index (κ1) is 8.05. The highest BCUT2D eigenvalue weighted by Gasteiger charge is 2.02. The number of rotatable bonds is 2. The zero-order valence-electron chi connectivity index (χ0n) is 7.31. The van der Waals surface area contributed by atoms with Crippen LogP contribution in [0.1, 0.15) is 5.56 Å². The fourth-order valence-corrected chi connectivity index (χ4v) is 1.23. The maximum Gasteiger partial charge on any atom is 0.192 e. The van der Waals surface area contributed by atoms with Gasteiger partial charge >= 0.3 is 0 Å². The minimum atomic E-state index is 0.645. The lowest BCUT2D eigenvalue weighted by Gasteiger charge is -2.09. The van der Waals surface area contributed by atoms with Crippen molar-refractivity contribution in [2.24, 2.45) is 4.99 Å². The molecule has 13 heavy (non-hydrogen) atoms. The fourth-order valence-electron chi connectivity index (χ4n) is 1.23. The summed E-state index contributed by atoms with van der Waals surface area (Å²) in [5.74, 6) is 0.800. The van der Waals surface area contributed by atoms with Crippen LogP contribution in [0.4, 0.5) is 0 Å². The van der Waals surface area contributed by atoms with Crippen molar-refractivity contribution in [1.82, 2.24) is 0 Å². The Labute approximate surface area is 77.6 Å². The molecule has 0 aromatic heterocycles. The largest absolute Gasteiger partial charge is 0.476 e. The molecule has 0 fully saturated rings. The third-order valence-electron chi connectivity index (χ3n) is 1.87. The van der Waals surface area contributed by atoms with Gasteiger partial charge in [-0.1, -0.05) is 30.3 Å². The standard InChI is InChI=1S/C11H11NO/c1-2-5-10(6-3-1)9-11-12-7-4-8-13-11/h1-7H,8-9H2. The Hall–Kier alpha value is -1.57. The van der Waals surface area contributed by atoms with E-state index in [0.29, 0.717) is 6.61 Å². The number of benzene rings is 1. The minimum absolute atomic E-state index is 0.645. The zero-order chi connectivity index (χ0) is 8.93. The Morgan fingerprint density at radius 2 is 2.08 bits per heavy atom. The van der Waals surface area contributed by atoms with E-state index < -0.39 is 0 Å². The van der Waals surface area contributed by atoms with Crippen molar-refractivity contribution < 1.29 is 4.74 Å². The Morgan fingerprint density at radius 3 is 2.77 bits per heavy atom. The van der Waals surface area contributed by atoms with Gasteiger partial charge in [0.05, 0.1) is 0 Å². The van der Waals surface area contributed by atoms with Crippen LogP contribution < -0.4 is 0 Å². The number of ether oxygens (including phenoxy) is 1. The van der Waals surface area contributed by atoms with Crippen molar-refractivity contribution >= 4 is 5.90 Å². The van der Waals surface area contributed by atoms with Crippen LogP contribution in [0.15, 0.2) is 47.6 Å². The van der Waals surface area contributed by atoms with Crippen molar-refractivity contribution in [3.63, 3.8) is 0 Å². The molecule has 2 rings (SSSR count). The molecule has 0 aliphatic carbocycles. The third-order valence-corrected chi connectivity index (χ3v) is 1.87. The van der Waals surface area contributed by atoms with Crippen LogP contribution in [0, 0.1) is 0 Å². The lowest BCUT2D eigenvalue weighted by Crippen LogP contribution is -2.10. The van der Waals surface area contributed by atoms with Crippen LogP contribution in [0.2, 0.25) is 0 Å². The van der Waals surface area contributed by atoms with E-state index in [1.54, 1.807) is 6.20 Å². The molecule has 0 spiro atoms. The average Bonchev–Trinajstić information content (AvgIpc) is 2.21. The summed E-state index contributed by atoms with van der Waals surface area (Å²) in [6, 6.07) is 10.2. The van der Waals surface area contributed by atoms with Gasteiger partial charge in [-0.25, -0.2) is 4.99 Å². The molecule has 1 aliphatic rings. The van der Waals surface area contributed by atoms with Crippen LogP contribution in [0.3, 0.4) is 0 Å². The summed E-state index contributed by atoms with van der Waals surface area (Å²) in [4.78, 5) is 4.14. The zero-order valence-corrected chi connectivity index (χ0v) is 7.31.